The highest BCUT2D eigenvalue weighted by atomic mass is 32.2. The molecular formula is C21H19N3OS3. The zero-order valence-corrected chi connectivity index (χ0v) is 18.0. The van der Waals surface area contributed by atoms with E-state index in [-0.39, 0.29) is 12.3 Å². The van der Waals surface area contributed by atoms with Gasteiger partial charge in [-0.2, -0.15) is 0 Å². The van der Waals surface area contributed by atoms with Gasteiger partial charge in [0.15, 0.2) is 0 Å². The fraction of sp³-hybridized carbons (Fsp3) is 0.190. The molecular weight excluding hydrogens is 406 g/mol. The third-order valence-corrected chi connectivity index (χ3v) is 7.23. The number of hydrogen-bond acceptors (Lipinski definition) is 6. The number of nitrogens with one attached hydrogen (secondary N) is 1. The molecule has 1 amide bonds. The first-order chi connectivity index (χ1) is 13.5. The standard InChI is InChI=1S/C21H19N3OS3/c1-13-3-5-15(6-4-13)11-26-21-24-17(12-27-21)10-20(25)23-16-7-8-19-18(9-16)22-14(2)28-19/h3-9,12H,10-11H2,1-2H3,(H,23,25). The van der Waals surface area contributed by atoms with Gasteiger partial charge in [-0.25, -0.2) is 9.97 Å². The highest BCUT2D eigenvalue weighted by Crippen LogP contribution is 2.27. The van der Waals surface area contributed by atoms with Crippen LogP contribution in [0, 0.1) is 13.8 Å². The lowest BCUT2D eigenvalue weighted by Crippen LogP contribution is -2.14. The largest absolute Gasteiger partial charge is 0.326 e. The molecule has 7 heteroatoms. The lowest BCUT2D eigenvalue weighted by atomic mass is 10.2. The molecule has 1 N–H and O–H groups in total. The first kappa shape index (κ1) is 19.1. The summed E-state index contributed by atoms with van der Waals surface area (Å²) in [6, 6.07) is 14.4. The molecule has 0 unspecified atom stereocenters. The van der Waals surface area contributed by atoms with Gasteiger partial charge >= 0.3 is 0 Å². The predicted octanol–water partition coefficient (Wildman–Crippen LogP) is 5.84. The second kappa shape index (κ2) is 8.43. The maximum absolute atomic E-state index is 12.4. The van der Waals surface area contributed by atoms with Crippen molar-refractivity contribution in [3.8, 4) is 0 Å². The summed E-state index contributed by atoms with van der Waals surface area (Å²) in [6.45, 7) is 4.07. The van der Waals surface area contributed by atoms with Gasteiger partial charge in [-0.15, -0.1) is 22.7 Å². The SMILES string of the molecule is Cc1ccc(CSc2nc(CC(=O)Nc3ccc4sc(C)nc4c3)cs2)cc1. The first-order valence-electron chi connectivity index (χ1n) is 8.85. The van der Waals surface area contributed by atoms with Gasteiger partial charge in [0, 0.05) is 16.8 Å². The monoisotopic (exact) mass is 425 g/mol. The van der Waals surface area contributed by atoms with Crippen molar-refractivity contribution in [2.45, 2.75) is 30.4 Å². The van der Waals surface area contributed by atoms with Crippen molar-refractivity contribution < 1.29 is 4.79 Å². The molecule has 2 heterocycles. The Bertz CT molecular complexity index is 1120. The molecule has 4 rings (SSSR count). The summed E-state index contributed by atoms with van der Waals surface area (Å²) < 4.78 is 2.12. The fourth-order valence-corrected chi connectivity index (χ4v) is 5.36. The van der Waals surface area contributed by atoms with Crippen LogP contribution in [0.3, 0.4) is 0 Å². The van der Waals surface area contributed by atoms with Gasteiger partial charge in [0.25, 0.3) is 0 Å². The fourth-order valence-electron chi connectivity index (χ4n) is 2.76. The van der Waals surface area contributed by atoms with Crippen LogP contribution in [0.15, 0.2) is 52.2 Å². The molecule has 0 aliphatic carbocycles. The summed E-state index contributed by atoms with van der Waals surface area (Å²) in [6.07, 6.45) is 0.274. The van der Waals surface area contributed by atoms with Crippen LogP contribution in [0.1, 0.15) is 21.8 Å². The van der Waals surface area contributed by atoms with Crippen LogP contribution < -0.4 is 5.32 Å². The van der Waals surface area contributed by atoms with Crippen molar-refractivity contribution in [3.05, 3.63) is 69.7 Å². The number of fused-ring (bicyclic) bond motifs is 1. The Morgan fingerprint density at radius 1 is 1.11 bits per heavy atom. The molecule has 2 aromatic carbocycles. The molecule has 0 radical (unpaired) electrons. The number of thiazole rings is 2. The minimum atomic E-state index is -0.0633. The van der Waals surface area contributed by atoms with Gasteiger partial charge in [0.1, 0.15) is 4.34 Å². The molecule has 0 aliphatic heterocycles. The first-order valence-corrected chi connectivity index (χ1v) is 11.5. The number of carbonyl (C=O) groups excluding carboxylic acids is 1. The van der Waals surface area contributed by atoms with E-state index in [4.69, 9.17) is 0 Å². The summed E-state index contributed by atoms with van der Waals surface area (Å²) in [5.41, 5.74) is 5.04. The van der Waals surface area contributed by atoms with Crippen LogP contribution in [0.5, 0.6) is 0 Å². The van der Waals surface area contributed by atoms with E-state index in [0.29, 0.717) is 0 Å². The average molecular weight is 426 g/mol. The van der Waals surface area contributed by atoms with E-state index in [9.17, 15) is 4.79 Å². The third-order valence-electron chi connectivity index (χ3n) is 4.13. The number of aryl methyl sites for hydroxylation is 2. The van der Waals surface area contributed by atoms with E-state index in [1.54, 1.807) is 34.4 Å². The third kappa shape index (κ3) is 4.79. The number of amides is 1. The maximum Gasteiger partial charge on any atom is 0.230 e. The van der Waals surface area contributed by atoms with Crippen LogP contribution in [-0.4, -0.2) is 15.9 Å². The van der Waals surface area contributed by atoms with Crippen molar-refractivity contribution in [2.75, 3.05) is 5.32 Å². The summed E-state index contributed by atoms with van der Waals surface area (Å²) in [4.78, 5) is 21.4. The van der Waals surface area contributed by atoms with E-state index in [1.807, 2.05) is 30.5 Å². The van der Waals surface area contributed by atoms with Gasteiger partial charge in [-0.3, -0.25) is 4.79 Å². The van der Waals surface area contributed by atoms with Gasteiger partial charge in [0.2, 0.25) is 5.91 Å². The summed E-state index contributed by atoms with van der Waals surface area (Å²) in [7, 11) is 0. The van der Waals surface area contributed by atoms with E-state index >= 15 is 0 Å². The minimum absolute atomic E-state index is 0.0633. The molecule has 0 saturated heterocycles. The number of benzene rings is 2. The average Bonchev–Trinajstić information content (AvgIpc) is 3.26. The normalized spacial score (nSPS) is 11.1. The van der Waals surface area contributed by atoms with E-state index in [2.05, 4.69) is 46.5 Å². The topological polar surface area (TPSA) is 54.9 Å². The molecule has 0 fully saturated rings. The van der Waals surface area contributed by atoms with Crippen molar-refractivity contribution in [1.29, 1.82) is 0 Å². The van der Waals surface area contributed by atoms with Gasteiger partial charge in [-0.1, -0.05) is 41.6 Å². The predicted molar refractivity (Wildman–Crippen MR) is 120 cm³/mol. The molecule has 28 heavy (non-hydrogen) atoms. The van der Waals surface area contributed by atoms with Crippen molar-refractivity contribution in [2.24, 2.45) is 0 Å². The quantitative estimate of drug-likeness (QED) is 0.394. The number of aromatic nitrogens is 2. The molecule has 0 aliphatic rings. The zero-order valence-electron chi connectivity index (χ0n) is 15.6. The van der Waals surface area contributed by atoms with Gasteiger partial charge < -0.3 is 5.32 Å². The molecule has 0 saturated carbocycles. The Morgan fingerprint density at radius 3 is 2.75 bits per heavy atom. The van der Waals surface area contributed by atoms with E-state index in [0.717, 1.165) is 36.7 Å². The molecule has 2 aromatic heterocycles. The molecule has 0 bridgehead atoms. The van der Waals surface area contributed by atoms with Crippen LogP contribution in [0.4, 0.5) is 5.69 Å². The van der Waals surface area contributed by atoms with Crippen LogP contribution in [0.25, 0.3) is 10.2 Å². The van der Waals surface area contributed by atoms with E-state index in [1.165, 1.54) is 11.1 Å². The van der Waals surface area contributed by atoms with Crippen LogP contribution in [-0.2, 0) is 17.0 Å². The molecule has 0 atom stereocenters. The van der Waals surface area contributed by atoms with Gasteiger partial charge in [0.05, 0.1) is 27.3 Å². The molecule has 142 valence electrons. The molecule has 0 spiro atoms. The smallest absolute Gasteiger partial charge is 0.230 e. The second-order valence-electron chi connectivity index (χ2n) is 6.52. The Balaban J connectivity index is 1.33. The number of thioether (sulfide) groups is 1. The number of hydrogen-bond donors (Lipinski definition) is 1. The lowest BCUT2D eigenvalue weighted by Gasteiger charge is -2.03. The Morgan fingerprint density at radius 2 is 1.93 bits per heavy atom. The lowest BCUT2D eigenvalue weighted by molar-refractivity contribution is -0.115. The number of nitrogens with zero attached hydrogens (tertiary/aromatic N) is 2. The van der Waals surface area contributed by atoms with Crippen molar-refractivity contribution >= 4 is 56.2 Å². The summed E-state index contributed by atoms with van der Waals surface area (Å²) >= 11 is 4.95. The Labute approximate surface area is 176 Å². The number of rotatable bonds is 6. The summed E-state index contributed by atoms with van der Waals surface area (Å²) in [5, 5.41) is 5.93. The number of carbonyl (C=O) groups is 1. The zero-order chi connectivity index (χ0) is 19.5. The number of anilines is 1. The van der Waals surface area contributed by atoms with E-state index < -0.39 is 0 Å². The Kier molecular flexibility index (Phi) is 5.75. The molecule has 4 aromatic rings. The van der Waals surface area contributed by atoms with Crippen LogP contribution >= 0.6 is 34.4 Å². The maximum atomic E-state index is 12.4. The highest BCUT2D eigenvalue weighted by molar-refractivity contribution is 8.00. The second-order valence-corrected chi connectivity index (χ2v) is 9.83. The van der Waals surface area contributed by atoms with Gasteiger partial charge in [-0.05, 0) is 37.6 Å². The van der Waals surface area contributed by atoms with Crippen molar-refractivity contribution in [1.82, 2.24) is 9.97 Å². The Hall–Kier alpha value is -2.22. The minimum Gasteiger partial charge on any atom is -0.326 e. The molecule has 4 nitrogen and oxygen atoms in total. The summed E-state index contributed by atoms with van der Waals surface area (Å²) in [5.74, 6) is 0.818. The highest BCUT2D eigenvalue weighted by Gasteiger charge is 2.10. The van der Waals surface area contributed by atoms with Crippen LogP contribution in [0.2, 0.25) is 0 Å². The van der Waals surface area contributed by atoms with Crippen molar-refractivity contribution in [3.63, 3.8) is 0 Å².